The molecule has 0 saturated carbocycles. The van der Waals surface area contributed by atoms with E-state index < -0.39 is 0 Å². The molecule has 0 aliphatic carbocycles. The molecule has 22 heavy (non-hydrogen) atoms. The number of hydrogen-bond donors (Lipinski definition) is 0. The van der Waals surface area contributed by atoms with Crippen LogP contribution in [0.5, 0.6) is 11.5 Å². The fourth-order valence-corrected chi connectivity index (χ4v) is 3.79. The Morgan fingerprint density at radius 2 is 1.14 bits per heavy atom. The first-order valence-electron chi connectivity index (χ1n) is 6.55. The van der Waals surface area contributed by atoms with E-state index in [2.05, 4.69) is 0 Å². The van der Waals surface area contributed by atoms with E-state index in [9.17, 15) is 8.78 Å². The smallest absolute Gasteiger partial charge is 0.135 e. The van der Waals surface area contributed by atoms with Crippen LogP contribution in [0.15, 0.2) is 24.3 Å². The van der Waals surface area contributed by atoms with Crippen molar-refractivity contribution < 1.29 is 18.3 Å². The van der Waals surface area contributed by atoms with Crippen LogP contribution in [0, 0.1) is 32.6 Å². The molecule has 2 aromatic carbocycles. The highest BCUT2D eigenvalue weighted by Gasteiger charge is 2.10. The van der Waals surface area contributed by atoms with Gasteiger partial charge in [-0.25, -0.2) is 8.78 Å². The number of aryl methyl sites for hydroxylation is 2. The minimum absolute atomic E-state index is 0.276. The Bertz CT molecular complexity index is 584. The highest BCUT2D eigenvalue weighted by molar-refractivity contribution is 14.1. The summed E-state index contributed by atoms with van der Waals surface area (Å²) in [6, 6.07) is 5.73. The summed E-state index contributed by atoms with van der Waals surface area (Å²) in [5, 5.41) is 0. The van der Waals surface area contributed by atoms with Crippen LogP contribution < -0.4 is 9.47 Å². The van der Waals surface area contributed by atoms with Gasteiger partial charge in [0.1, 0.15) is 36.3 Å². The summed E-state index contributed by atoms with van der Waals surface area (Å²) >= 11 is 4.08. The first-order valence-corrected chi connectivity index (χ1v) is 8.71. The van der Waals surface area contributed by atoms with E-state index in [1.54, 1.807) is 13.8 Å². The van der Waals surface area contributed by atoms with Crippen molar-refractivity contribution in [3.63, 3.8) is 0 Å². The number of rotatable bonds is 5. The van der Waals surface area contributed by atoms with Gasteiger partial charge in [-0.1, -0.05) is 0 Å². The van der Waals surface area contributed by atoms with Gasteiger partial charge in [-0.05, 0) is 94.4 Å². The van der Waals surface area contributed by atoms with E-state index in [0.29, 0.717) is 24.7 Å². The maximum atomic E-state index is 13.2. The molecule has 0 fully saturated rings. The van der Waals surface area contributed by atoms with Crippen molar-refractivity contribution in [2.45, 2.75) is 13.8 Å². The first kappa shape index (κ1) is 17.7. The monoisotopic (exact) mass is 530 g/mol. The molecule has 0 aliphatic heterocycles. The van der Waals surface area contributed by atoms with Gasteiger partial charge in [0.15, 0.2) is 0 Å². The molecule has 0 aliphatic rings. The van der Waals surface area contributed by atoms with E-state index in [4.69, 9.17) is 9.47 Å². The summed E-state index contributed by atoms with van der Waals surface area (Å²) in [5.41, 5.74) is 1.49. The molecule has 0 heterocycles. The zero-order valence-corrected chi connectivity index (χ0v) is 16.4. The summed E-state index contributed by atoms with van der Waals surface area (Å²) in [4.78, 5) is 0. The molecule has 0 spiro atoms. The predicted molar refractivity (Wildman–Crippen MR) is 98.7 cm³/mol. The van der Waals surface area contributed by atoms with Crippen LogP contribution in [0.4, 0.5) is 8.78 Å². The normalized spacial score (nSPS) is 10.6. The molecular formula is C16H14F2I2O2. The van der Waals surface area contributed by atoms with Crippen LogP contribution in [0.25, 0.3) is 0 Å². The number of hydrogen-bond acceptors (Lipinski definition) is 2. The Kier molecular flexibility index (Phi) is 6.25. The number of benzene rings is 2. The molecule has 0 N–H and O–H groups in total. The van der Waals surface area contributed by atoms with Crippen LogP contribution in [-0.2, 0) is 0 Å². The predicted octanol–water partition coefficient (Wildman–Crippen LogP) is 5.25. The van der Waals surface area contributed by atoms with Gasteiger partial charge in [-0.2, -0.15) is 0 Å². The third-order valence-corrected chi connectivity index (χ3v) is 4.57. The largest absolute Gasteiger partial charge is 0.489 e. The van der Waals surface area contributed by atoms with E-state index in [0.717, 1.165) is 18.3 Å². The zero-order valence-electron chi connectivity index (χ0n) is 12.1. The molecule has 2 aromatic rings. The molecule has 0 radical (unpaired) electrons. The lowest BCUT2D eigenvalue weighted by Crippen LogP contribution is -2.11. The van der Waals surface area contributed by atoms with Crippen LogP contribution in [0.2, 0.25) is 0 Å². The average molecular weight is 530 g/mol. The van der Waals surface area contributed by atoms with E-state index in [-0.39, 0.29) is 11.6 Å². The van der Waals surface area contributed by atoms with Gasteiger partial charge in [0.2, 0.25) is 0 Å². The summed E-state index contributed by atoms with van der Waals surface area (Å²) in [7, 11) is 0. The topological polar surface area (TPSA) is 18.5 Å². The standard InChI is InChI=1S/C16H14F2I2O2/c1-9-5-11(17)7-13(19)15(9)21-3-4-22-16-10(2)6-12(18)8-14(16)20/h5-8H,3-4H2,1-2H3. The van der Waals surface area contributed by atoms with Crippen molar-refractivity contribution in [3.8, 4) is 11.5 Å². The summed E-state index contributed by atoms with van der Waals surface area (Å²) < 4.78 is 39.2. The van der Waals surface area contributed by atoms with Gasteiger partial charge >= 0.3 is 0 Å². The second-order valence-electron chi connectivity index (χ2n) is 4.76. The summed E-state index contributed by atoms with van der Waals surface area (Å²) in [6.07, 6.45) is 0. The fraction of sp³-hybridized carbons (Fsp3) is 0.250. The zero-order chi connectivity index (χ0) is 16.3. The molecule has 0 atom stereocenters. The maximum absolute atomic E-state index is 13.2. The Labute approximate surface area is 155 Å². The van der Waals surface area contributed by atoms with Crippen LogP contribution in [-0.4, -0.2) is 13.2 Å². The van der Waals surface area contributed by atoms with Crippen molar-refractivity contribution in [2.24, 2.45) is 0 Å². The third-order valence-electron chi connectivity index (χ3n) is 2.96. The second kappa shape index (κ2) is 7.76. The lowest BCUT2D eigenvalue weighted by molar-refractivity contribution is 0.213. The van der Waals surface area contributed by atoms with Gasteiger partial charge in [0.25, 0.3) is 0 Å². The molecule has 6 heteroatoms. The maximum Gasteiger partial charge on any atom is 0.135 e. The van der Waals surface area contributed by atoms with Gasteiger partial charge in [0, 0.05) is 0 Å². The van der Waals surface area contributed by atoms with Gasteiger partial charge < -0.3 is 9.47 Å². The SMILES string of the molecule is Cc1cc(F)cc(I)c1OCCOc1c(C)cc(F)cc1I. The fourth-order valence-electron chi connectivity index (χ4n) is 2.03. The van der Waals surface area contributed by atoms with Gasteiger partial charge in [-0.15, -0.1) is 0 Å². The average Bonchev–Trinajstić information content (AvgIpc) is 2.38. The summed E-state index contributed by atoms with van der Waals surface area (Å²) in [5.74, 6) is 0.774. The molecule has 2 nitrogen and oxygen atoms in total. The summed E-state index contributed by atoms with van der Waals surface area (Å²) in [6.45, 7) is 4.26. The number of halogens is 4. The molecule has 0 unspecified atom stereocenters. The van der Waals surface area contributed by atoms with Crippen molar-refractivity contribution in [1.82, 2.24) is 0 Å². The molecule has 2 rings (SSSR count). The van der Waals surface area contributed by atoms with Crippen molar-refractivity contribution in [2.75, 3.05) is 13.2 Å². The Balaban J connectivity index is 1.96. The molecule has 0 bridgehead atoms. The Morgan fingerprint density at radius 3 is 1.45 bits per heavy atom. The van der Waals surface area contributed by atoms with Gasteiger partial charge in [-0.3, -0.25) is 0 Å². The van der Waals surface area contributed by atoms with E-state index in [1.165, 1.54) is 24.3 Å². The molecule has 0 amide bonds. The third kappa shape index (κ3) is 4.43. The highest BCUT2D eigenvalue weighted by Crippen LogP contribution is 2.28. The molecule has 0 saturated heterocycles. The highest BCUT2D eigenvalue weighted by atomic mass is 127. The minimum atomic E-state index is -0.276. The lowest BCUT2D eigenvalue weighted by Gasteiger charge is -2.14. The number of ether oxygens (including phenoxy) is 2. The quantitative estimate of drug-likeness (QED) is 0.389. The van der Waals surface area contributed by atoms with E-state index >= 15 is 0 Å². The molecule has 118 valence electrons. The van der Waals surface area contributed by atoms with Crippen LogP contribution in [0.3, 0.4) is 0 Å². The van der Waals surface area contributed by atoms with Crippen molar-refractivity contribution in [1.29, 1.82) is 0 Å². The Hall–Kier alpha value is -0.640. The van der Waals surface area contributed by atoms with Gasteiger partial charge in [0.05, 0.1) is 7.14 Å². The van der Waals surface area contributed by atoms with Crippen LogP contribution >= 0.6 is 45.2 Å². The molecule has 0 aromatic heterocycles. The Morgan fingerprint density at radius 1 is 0.773 bits per heavy atom. The van der Waals surface area contributed by atoms with Crippen molar-refractivity contribution in [3.05, 3.63) is 54.2 Å². The van der Waals surface area contributed by atoms with Crippen LogP contribution in [0.1, 0.15) is 11.1 Å². The van der Waals surface area contributed by atoms with Crippen molar-refractivity contribution >= 4 is 45.2 Å². The van der Waals surface area contributed by atoms with E-state index in [1.807, 2.05) is 45.2 Å². The lowest BCUT2D eigenvalue weighted by atomic mass is 10.2. The first-order chi connectivity index (χ1) is 10.4. The minimum Gasteiger partial charge on any atom is -0.489 e. The second-order valence-corrected chi connectivity index (χ2v) is 7.09. The molecular weight excluding hydrogens is 516 g/mol.